The van der Waals surface area contributed by atoms with Crippen LogP contribution in [-0.2, 0) is 10.2 Å². The van der Waals surface area contributed by atoms with Crippen molar-refractivity contribution < 1.29 is 9.53 Å². The Morgan fingerprint density at radius 2 is 1.94 bits per heavy atom. The lowest BCUT2D eigenvalue weighted by Crippen LogP contribution is -2.26. The molecule has 1 saturated carbocycles. The van der Waals surface area contributed by atoms with Gasteiger partial charge in [0.05, 0.1) is 24.4 Å². The van der Waals surface area contributed by atoms with Crippen LogP contribution in [0.4, 0.5) is 11.4 Å². The van der Waals surface area contributed by atoms with Gasteiger partial charge >= 0.3 is 0 Å². The largest absolute Gasteiger partial charge is 0.489 e. The van der Waals surface area contributed by atoms with Crippen molar-refractivity contribution in [2.24, 2.45) is 5.92 Å². The van der Waals surface area contributed by atoms with Gasteiger partial charge in [0.2, 0.25) is 5.91 Å². The molecule has 31 heavy (non-hydrogen) atoms. The molecular formula is C25H28N4O2. The monoisotopic (exact) mass is 416 g/mol. The van der Waals surface area contributed by atoms with E-state index in [9.17, 15) is 4.79 Å². The van der Waals surface area contributed by atoms with E-state index in [1.54, 1.807) is 6.20 Å². The minimum Gasteiger partial charge on any atom is -0.489 e. The zero-order chi connectivity index (χ0) is 22.0. The van der Waals surface area contributed by atoms with Crippen LogP contribution in [0.25, 0.3) is 0 Å². The topological polar surface area (TPSA) is 67.3 Å². The van der Waals surface area contributed by atoms with Crippen molar-refractivity contribution in [3.8, 4) is 5.75 Å². The standard InChI is InChI=1S/C25H28N4O2/c1-17-23(15-26-18(2)27-17)31-16-25(19-9-6-5-7-10-19)14-22(25)24(30)28-20-11-8-12-21(13-20)29(3)4/h5-13,15,22H,14,16H2,1-4H3,(H,28,30)/t22-,25+/m0/s1. The zero-order valence-corrected chi connectivity index (χ0v) is 18.4. The van der Waals surface area contributed by atoms with Crippen molar-refractivity contribution in [1.82, 2.24) is 9.97 Å². The van der Waals surface area contributed by atoms with Crippen molar-refractivity contribution >= 4 is 17.3 Å². The third kappa shape index (κ3) is 4.38. The lowest BCUT2D eigenvalue weighted by molar-refractivity contribution is -0.117. The highest BCUT2D eigenvalue weighted by atomic mass is 16.5. The molecule has 160 valence electrons. The second-order valence-corrected chi connectivity index (χ2v) is 8.37. The van der Waals surface area contributed by atoms with Gasteiger partial charge in [-0.15, -0.1) is 0 Å². The molecule has 0 aliphatic heterocycles. The van der Waals surface area contributed by atoms with Gasteiger partial charge in [0, 0.05) is 30.9 Å². The highest BCUT2D eigenvalue weighted by molar-refractivity contribution is 5.96. The van der Waals surface area contributed by atoms with E-state index in [0.29, 0.717) is 18.2 Å². The van der Waals surface area contributed by atoms with E-state index in [-0.39, 0.29) is 17.2 Å². The van der Waals surface area contributed by atoms with Crippen molar-refractivity contribution in [2.45, 2.75) is 25.7 Å². The normalized spacial score (nSPS) is 19.5. The number of amides is 1. The van der Waals surface area contributed by atoms with E-state index in [2.05, 4.69) is 27.4 Å². The van der Waals surface area contributed by atoms with Crippen molar-refractivity contribution in [3.05, 3.63) is 77.9 Å². The van der Waals surface area contributed by atoms with Crippen molar-refractivity contribution in [1.29, 1.82) is 0 Å². The first-order chi connectivity index (χ1) is 14.9. The second-order valence-electron chi connectivity index (χ2n) is 8.37. The Labute approximate surface area is 183 Å². The van der Waals surface area contributed by atoms with Crippen LogP contribution in [0.3, 0.4) is 0 Å². The first-order valence-electron chi connectivity index (χ1n) is 10.5. The van der Waals surface area contributed by atoms with Crippen LogP contribution in [0, 0.1) is 19.8 Å². The number of benzene rings is 2. The summed E-state index contributed by atoms with van der Waals surface area (Å²) in [5.41, 5.74) is 3.40. The molecule has 0 spiro atoms. The van der Waals surface area contributed by atoms with Gasteiger partial charge in [-0.3, -0.25) is 4.79 Å². The Morgan fingerprint density at radius 1 is 1.16 bits per heavy atom. The molecule has 1 aliphatic rings. The summed E-state index contributed by atoms with van der Waals surface area (Å²) in [6.45, 7) is 4.17. The summed E-state index contributed by atoms with van der Waals surface area (Å²) >= 11 is 0. The van der Waals surface area contributed by atoms with E-state index < -0.39 is 0 Å². The van der Waals surface area contributed by atoms with E-state index in [1.165, 1.54) is 0 Å². The number of anilines is 2. The molecule has 0 bridgehead atoms. The number of ether oxygens (including phenoxy) is 1. The van der Waals surface area contributed by atoms with E-state index in [1.807, 2.05) is 75.3 Å². The van der Waals surface area contributed by atoms with Gasteiger partial charge in [0.15, 0.2) is 5.75 Å². The highest BCUT2D eigenvalue weighted by Crippen LogP contribution is 2.55. The molecule has 1 aromatic heterocycles. The third-order valence-electron chi connectivity index (χ3n) is 5.91. The number of nitrogens with one attached hydrogen (secondary N) is 1. The average Bonchev–Trinajstić information content (AvgIpc) is 3.50. The van der Waals surface area contributed by atoms with Crippen LogP contribution in [0.5, 0.6) is 5.75 Å². The Morgan fingerprint density at radius 3 is 2.65 bits per heavy atom. The number of nitrogens with zero attached hydrogens (tertiary/aromatic N) is 3. The van der Waals surface area contributed by atoms with Crippen molar-refractivity contribution in [3.63, 3.8) is 0 Å². The van der Waals surface area contributed by atoms with E-state index in [0.717, 1.165) is 29.1 Å². The molecule has 1 aliphatic carbocycles. The summed E-state index contributed by atoms with van der Waals surface area (Å²) in [5, 5.41) is 3.09. The Balaban J connectivity index is 1.53. The number of aryl methyl sites for hydroxylation is 2. The maximum atomic E-state index is 13.2. The maximum absolute atomic E-state index is 13.2. The summed E-state index contributed by atoms with van der Waals surface area (Å²) in [6, 6.07) is 18.0. The molecule has 0 radical (unpaired) electrons. The molecule has 3 aromatic rings. The van der Waals surface area contributed by atoms with E-state index in [4.69, 9.17) is 4.74 Å². The molecule has 6 heteroatoms. The predicted molar refractivity (Wildman–Crippen MR) is 123 cm³/mol. The first kappa shape index (κ1) is 20.8. The molecule has 1 amide bonds. The van der Waals surface area contributed by atoms with Crippen molar-refractivity contribution in [2.75, 3.05) is 30.9 Å². The van der Waals surface area contributed by atoms with Gasteiger partial charge in [-0.25, -0.2) is 9.97 Å². The van der Waals surface area contributed by atoms with Crippen LogP contribution in [-0.4, -0.2) is 36.6 Å². The SMILES string of the molecule is Cc1ncc(OC[C@@]2(c3ccccc3)C[C@H]2C(=O)Nc2cccc(N(C)C)c2)c(C)n1. The minimum absolute atomic E-state index is 0.0141. The average molecular weight is 417 g/mol. The Bertz CT molecular complexity index is 1080. The number of rotatable bonds is 7. The second kappa shape index (κ2) is 8.38. The van der Waals surface area contributed by atoms with Crippen LogP contribution in [0.1, 0.15) is 23.5 Å². The van der Waals surface area contributed by atoms with Gasteiger partial charge in [-0.05, 0) is 44.0 Å². The smallest absolute Gasteiger partial charge is 0.228 e. The summed E-state index contributed by atoms with van der Waals surface area (Å²) in [6.07, 6.45) is 2.45. The summed E-state index contributed by atoms with van der Waals surface area (Å²) in [4.78, 5) is 23.8. The van der Waals surface area contributed by atoms with Gasteiger partial charge in [-0.1, -0.05) is 36.4 Å². The van der Waals surface area contributed by atoms with E-state index >= 15 is 0 Å². The van der Waals surface area contributed by atoms with Gasteiger partial charge in [0.1, 0.15) is 5.82 Å². The first-order valence-corrected chi connectivity index (χ1v) is 10.5. The third-order valence-corrected chi connectivity index (χ3v) is 5.91. The van der Waals surface area contributed by atoms with Crippen LogP contribution in [0.15, 0.2) is 60.8 Å². The summed E-state index contributed by atoms with van der Waals surface area (Å²) < 4.78 is 6.14. The summed E-state index contributed by atoms with van der Waals surface area (Å²) in [5.74, 6) is 1.22. The molecule has 1 N–H and O–H groups in total. The fourth-order valence-electron chi connectivity index (χ4n) is 3.99. The highest BCUT2D eigenvalue weighted by Gasteiger charge is 2.60. The lowest BCUT2D eigenvalue weighted by Gasteiger charge is -2.20. The van der Waals surface area contributed by atoms with Crippen LogP contribution < -0.4 is 15.0 Å². The molecule has 1 heterocycles. The van der Waals surface area contributed by atoms with Crippen LogP contribution >= 0.6 is 0 Å². The molecule has 2 atom stereocenters. The quantitative estimate of drug-likeness (QED) is 0.627. The maximum Gasteiger partial charge on any atom is 0.228 e. The Kier molecular flexibility index (Phi) is 5.63. The zero-order valence-electron chi connectivity index (χ0n) is 18.4. The number of carbonyl (C=O) groups excluding carboxylic acids is 1. The van der Waals surface area contributed by atoms with Gasteiger partial charge in [-0.2, -0.15) is 0 Å². The fraction of sp³-hybridized carbons (Fsp3) is 0.320. The molecule has 6 nitrogen and oxygen atoms in total. The number of hydrogen-bond acceptors (Lipinski definition) is 5. The molecule has 0 saturated heterocycles. The number of aromatic nitrogens is 2. The molecular weight excluding hydrogens is 388 g/mol. The number of carbonyl (C=O) groups is 1. The minimum atomic E-state index is -0.359. The van der Waals surface area contributed by atoms with Gasteiger partial charge in [0.25, 0.3) is 0 Å². The molecule has 4 rings (SSSR count). The summed E-state index contributed by atoms with van der Waals surface area (Å²) in [7, 11) is 3.97. The molecule has 2 aromatic carbocycles. The lowest BCUT2D eigenvalue weighted by atomic mass is 9.93. The Hall–Kier alpha value is -3.41. The van der Waals surface area contributed by atoms with Crippen LogP contribution in [0.2, 0.25) is 0 Å². The number of hydrogen-bond donors (Lipinski definition) is 1. The predicted octanol–water partition coefficient (Wildman–Crippen LogP) is 4.13. The molecule has 0 unspecified atom stereocenters. The van der Waals surface area contributed by atoms with Gasteiger partial charge < -0.3 is 15.0 Å². The molecule has 1 fully saturated rings. The fourth-order valence-corrected chi connectivity index (χ4v) is 3.99.